The molecule has 0 fully saturated rings. The molecule has 1 aromatic carbocycles. The lowest BCUT2D eigenvalue weighted by atomic mass is 10.3. The molecule has 0 aliphatic carbocycles. The Labute approximate surface area is 88.2 Å². The number of benzene rings is 1. The fraction of sp³-hybridized carbons (Fsp3) is 0.125. The highest BCUT2D eigenvalue weighted by Crippen LogP contribution is 2.27. The van der Waals surface area contributed by atoms with E-state index in [2.05, 4.69) is 25.9 Å². The Hall–Kier alpha value is -0.810. The average molecular weight is 259 g/mol. The third-order valence-electron chi connectivity index (χ3n) is 1.77. The van der Waals surface area contributed by atoms with E-state index in [1.165, 1.54) is 0 Å². The van der Waals surface area contributed by atoms with Gasteiger partial charge in [-0.25, -0.2) is 0 Å². The van der Waals surface area contributed by atoms with Crippen LogP contribution >= 0.6 is 28.1 Å². The number of nitrogens with one attached hydrogen (secondary N) is 2. The van der Waals surface area contributed by atoms with E-state index in [1.807, 2.05) is 12.1 Å². The van der Waals surface area contributed by atoms with E-state index in [4.69, 9.17) is 17.0 Å². The summed E-state index contributed by atoms with van der Waals surface area (Å²) in [6.45, 7) is 0. The molecule has 68 valence electrons. The van der Waals surface area contributed by atoms with Gasteiger partial charge in [0.1, 0.15) is 11.3 Å². The summed E-state index contributed by atoms with van der Waals surface area (Å²) in [4.78, 5) is 6.04. The Bertz CT molecular complexity index is 502. The second kappa shape index (κ2) is 3.16. The van der Waals surface area contributed by atoms with E-state index in [0.717, 1.165) is 21.3 Å². The van der Waals surface area contributed by atoms with Crippen molar-refractivity contribution in [2.24, 2.45) is 0 Å². The summed E-state index contributed by atoms with van der Waals surface area (Å²) in [5.74, 6) is 0.775. The number of aromatic amines is 2. The molecule has 0 spiro atoms. The van der Waals surface area contributed by atoms with Gasteiger partial charge in [-0.05, 0) is 24.4 Å². The number of aromatic nitrogens is 2. The van der Waals surface area contributed by atoms with E-state index in [9.17, 15) is 0 Å². The molecule has 5 heteroatoms. The summed E-state index contributed by atoms with van der Waals surface area (Å²) in [7, 11) is 1.63. The minimum atomic E-state index is 0.603. The molecule has 0 aliphatic rings. The van der Waals surface area contributed by atoms with E-state index in [-0.39, 0.29) is 0 Å². The van der Waals surface area contributed by atoms with Gasteiger partial charge >= 0.3 is 0 Å². The zero-order chi connectivity index (χ0) is 9.42. The number of imidazole rings is 1. The lowest BCUT2D eigenvalue weighted by Gasteiger charge is -2.01. The summed E-state index contributed by atoms with van der Waals surface area (Å²) < 4.78 is 6.76. The Morgan fingerprint density at radius 2 is 2.15 bits per heavy atom. The first kappa shape index (κ1) is 8.77. The van der Waals surface area contributed by atoms with Gasteiger partial charge in [-0.1, -0.05) is 15.9 Å². The maximum Gasteiger partial charge on any atom is 0.175 e. The second-order valence-electron chi connectivity index (χ2n) is 2.61. The number of ether oxygens (including phenoxy) is 1. The van der Waals surface area contributed by atoms with Gasteiger partial charge in [0.25, 0.3) is 0 Å². The first-order valence-electron chi connectivity index (χ1n) is 3.66. The second-order valence-corrected chi connectivity index (χ2v) is 3.93. The van der Waals surface area contributed by atoms with Gasteiger partial charge in [0.15, 0.2) is 4.77 Å². The Kier molecular flexibility index (Phi) is 2.13. The number of rotatable bonds is 1. The van der Waals surface area contributed by atoms with Crippen molar-refractivity contribution >= 4 is 39.2 Å². The van der Waals surface area contributed by atoms with Crippen LogP contribution in [0, 0.1) is 4.77 Å². The topological polar surface area (TPSA) is 40.8 Å². The van der Waals surface area contributed by atoms with Gasteiger partial charge in [-0.2, -0.15) is 0 Å². The fourth-order valence-electron chi connectivity index (χ4n) is 1.24. The molecule has 2 N–H and O–H groups in total. The van der Waals surface area contributed by atoms with Crippen molar-refractivity contribution in [2.45, 2.75) is 0 Å². The predicted molar refractivity (Wildman–Crippen MR) is 57.7 cm³/mol. The summed E-state index contributed by atoms with van der Waals surface area (Å²) >= 11 is 8.37. The van der Waals surface area contributed by atoms with Crippen LogP contribution in [0.2, 0.25) is 0 Å². The maximum atomic E-state index is 5.19. The molecule has 0 radical (unpaired) electrons. The Morgan fingerprint density at radius 3 is 2.85 bits per heavy atom. The molecule has 3 nitrogen and oxygen atoms in total. The number of hydrogen-bond acceptors (Lipinski definition) is 2. The molecule has 2 rings (SSSR count). The fourth-order valence-corrected chi connectivity index (χ4v) is 1.89. The van der Waals surface area contributed by atoms with Crippen LogP contribution in [0.5, 0.6) is 5.75 Å². The monoisotopic (exact) mass is 258 g/mol. The largest absolute Gasteiger partial charge is 0.494 e. The maximum absolute atomic E-state index is 5.19. The molecule has 0 atom stereocenters. The van der Waals surface area contributed by atoms with Crippen LogP contribution in [-0.2, 0) is 0 Å². The minimum absolute atomic E-state index is 0.603. The summed E-state index contributed by atoms with van der Waals surface area (Å²) in [6.07, 6.45) is 0. The lowest BCUT2D eigenvalue weighted by molar-refractivity contribution is 0.418. The molecule has 13 heavy (non-hydrogen) atoms. The SMILES string of the molecule is COc1cc(Br)cc2[nH]c(=S)[nH]c12. The van der Waals surface area contributed by atoms with Crippen molar-refractivity contribution < 1.29 is 4.74 Å². The molecule has 0 aliphatic heterocycles. The number of H-pyrrole nitrogens is 2. The van der Waals surface area contributed by atoms with Crippen LogP contribution < -0.4 is 4.74 Å². The zero-order valence-electron chi connectivity index (χ0n) is 6.85. The average Bonchev–Trinajstić information content (AvgIpc) is 2.43. The highest BCUT2D eigenvalue weighted by Gasteiger charge is 2.04. The molecule has 0 amide bonds. The molecule has 0 saturated heterocycles. The summed E-state index contributed by atoms with van der Waals surface area (Å²) in [5.41, 5.74) is 1.84. The highest BCUT2D eigenvalue weighted by molar-refractivity contribution is 9.10. The van der Waals surface area contributed by atoms with Crippen LogP contribution in [0.15, 0.2) is 16.6 Å². The van der Waals surface area contributed by atoms with E-state index in [1.54, 1.807) is 7.11 Å². The van der Waals surface area contributed by atoms with Crippen molar-refractivity contribution in [1.29, 1.82) is 0 Å². The van der Waals surface area contributed by atoms with Crippen molar-refractivity contribution in [3.63, 3.8) is 0 Å². The van der Waals surface area contributed by atoms with Crippen molar-refractivity contribution in [1.82, 2.24) is 9.97 Å². The van der Waals surface area contributed by atoms with Gasteiger partial charge in [0, 0.05) is 4.47 Å². The van der Waals surface area contributed by atoms with Crippen molar-refractivity contribution in [3.8, 4) is 5.75 Å². The highest BCUT2D eigenvalue weighted by atomic mass is 79.9. The van der Waals surface area contributed by atoms with Gasteiger partial charge < -0.3 is 14.7 Å². The van der Waals surface area contributed by atoms with Gasteiger partial charge in [-0.15, -0.1) is 0 Å². The number of fused-ring (bicyclic) bond motifs is 1. The van der Waals surface area contributed by atoms with Crippen molar-refractivity contribution in [3.05, 3.63) is 21.4 Å². The number of hydrogen-bond donors (Lipinski definition) is 2. The first-order valence-corrected chi connectivity index (χ1v) is 4.86. The van der Waals surface area contributed by atoms with Gasteiger partial charge in [0.05, 0.1) is 12.6 Å². The van der Waals surface area contributed by atoms with Crippen LogP contribution in [0.3, 0.4) is 0 Å². The number of methoxy groups -OCH3 is 1. The normalized spacial score (nSPS) is 10.6. The minimum Gasteiger partial charge on any atom is -0.494 e. The van der Waals surface area contributed by atoms with E-state index >= 15 is 0 Å². The molecular weight excluding hydrogens is 252 g/mol. The van der Waals surface area contributed by atoms with Crippen LogP contribution in [0.25, 0.3) is 11.0 Å². The van der Waals surface area contributed by atoms with E-state index < -0.39 is 0 Å². The smallest absolute Gasteiger partial charge is 0.175 e. The zero-order valence-corrected chi connectivity index (χ0v) is 9.25. The molecule has 1 heterocycles. The van der Waals surface area contributed by atoms with Crippen LogP contribution in [0.1, 0.15) is 0 Å². The van der Waals surface area contributed by atoms with Crippen LogP contribution in [-0.4, -0.2) is 17.1 Å². The molecular formula is C8H7BrN2OS. The van der Waals surface area contributed by atoms with Crippen LogP contribution in [0.4, 0.5) is 0 Å². The third kappa shape index (κ3) is 1.49. The molecule has 0 unspecified atom stereocenters. The first-order chi connectivity index (χ1) is 6.20. The van der Waals surface area contributed by atoms with Gasteiger partial charge in [0.2, 0.25) is 0 Å². The quantitative estimate of drug-likeness (QED) is 0.773. The summed E-state index contributed by atoms with van der Waals surface area (Å²) in [6, 6.07) is 3.84. The molecule has 2 aromatic rings. The lowest BCUT2D eigenvalue weighted by Crippen LogP contribution is -1.84. The Balaban J connectivity index is 2.88. The predicted octanol–water partition coefficient (Wildman–Crippen LogP) is 3.00. The molecule has 0 bridgehead atoms. The number of halogens is 1. The van der Waals surface area contributed by atoms with Crippen molar-refractivity contribution in [2.75, 3.05) is 7.11 Å². The van der Waals surface area contributed by atoms with E-state index in [0.29, 0.717) is 4.77 Å². The molecule has 1 aromatic heterocycles. The Morgan fingerprint density at radius 1 is 1.38 bits per heavy atom. The third-order valence-corrected chi connectivity index (χ3v) is 2.44. The van der Waals surface area contributed by atoms with Gasteiger partial charge in [-0.3, -0.25) is 0 Å². The summed E-state index contributed by atoms with van der Waals surface area (Å²) in [5, 5.41) is 0. The molecule has 0 saturated carbocycles. The standard InChI is InChI=1S/C8H7BrN2OS/c1-12-6-3-4(9)2-5-7(6)11-8(13)10-5/h2-3H,1H3,(H2,10,11,13).